The van der Waals surface area contributed by atoms with E-state index < -0.39 is 0 Å². The molecule has 22 heavy (non-hydrogen) atoms. The van der Waals surface area contributed by atoms with Crippen LogP contribution in [-0.4, -0.2) is 10.9 Å². The minimum atomic E-state index is -0.286. The number of benzene rings is 1. The lowest BCUT2D eigenvalue weighted by Crippen LogP contribution is -2.07. The summed E-state index contributed by atoms with van der Waals surface area (Å²) in [4.78, 5) is 17.2. The van der Waals surface area contributed by atoms with Gasteiger partial charge in [0.2, 0.25) is 5.91 Å². The molecule has 2 aromatic heterocycles. The smallest absolute Gasteiger partial charge is 0.250 e. The highest BCUT2D eigenvalue weighted by Crippen LogP contribution is 2.25. The molecule has 0 aliphatic heterocycles. The first-order valence-corrected chi connectivity index (χ1v) is 8.21. The molecular weight excluding hydrogens is 319 g/mol. The van der Waals surface area contributed by atoms with E-state index in [1.165, 1.54) is 29.5 Å². The lowest BCUT2D eigenvalue weighted by Gasteiger charge is -1.97. The number of halogens is 1. The summed E-state index contributed by atoms with van der Waals surface area (Å²) in [6, 6.07) is 9.95. The molecule has 0 aliphatic carbocycles. The second kappa shape index (κ2) is 6.64. The number of thiazole rings is 1. The third kappa shape index (κ3) is 3.66. The summed E-state index contributed by atoms with van der Waals surface area (Å²) < 4.78 is 12.9. The summed E-state index contributed by atoms with van der Waals surface area (Å²) in [5, 5.41) is 7.01. The van der Waals surface area contributed by atoms with Crippen LogP contribution in [0.2, 0.25) is 0 Å². The first-order valence-electron chi connectivity index (χ1n) is 6.45. The monoisotopic (exact) mass is 330 g/mol. The second-order valence-corrected chi connectivity index (χ2v) is 6.22. The molecular formula is C16H11FN2OS2. The fourth-order valence-corrected chi connectivity index (χ4v) is 3.12. The Morgan fingerprint density at radius 3 is 2.73 bits per heavy atom. The van der Waals surface area contributed by atoms with Gasteiger partial charge in [-0.3, -0.25) is 10.1 Å². The van der Waals surface area contributed by atoms with Crippen molar-refractivity contribution >= 4 is 39.8 Å². The van der Waals surface area contributed by atoms with E-state index in [1.807, 2.05) is 22.9 Å². The lowest BCUT2D eigenvalue weighted by molar-refractivity contribution is -0.111. The van der Waals surface area contributed by atoms with E-state index in [2.05, 4.69) is 10.3 Å². The maximum absolute atomic E-state index is 12.9. The molecule has 3 nitrogen and oxygen atoms in total. The summed E-state index contributed by atoms with van der Waals surface area (Å²) in [5.74, 6) is -0.514. The molecule has 1 amide bonds. The molecule has 0 saturated carbocycles. The largest absolute Gasteiger partial charge is 0.298 e. The summed E-state index contributed by atoms with van der Waals surface area (Å²) in [5.41, 5.74) is 1.52. The van der Waals surface area contributed by atoms with Crippen LogP contribution < -0.4 is 5.32 Å². The number of hydrogen-bond donors (Lipinski definition) is 1. The van der Waals surface area contributed by atoms with Gasteiger partial charge in [-0.15, -0.1) is 22.7 Å². The van der Waals surface area contributed by atoms with Gasteiger partial charge in [-0.05, 0) is 41.8 Å². The fraction of sp³-hybridized carbons (Fsp3) is 0. The summed E-state index contributed by atoms with van der Waals surface area (Å²) >= 11 is 2.90. The number of aromatic nitrogens is 1. The maximum Gasteiger partial charge on any atom is 0.250 e. The Balaban J connectivity index is 1.66. The molecule has 0 aliphatic rings. The van der Waals surface area contributed by atoms with Gasteiger partial charge in [0.15, 0.2) is 5.13 Å². The normalized spacial score (nSPS) is 11.0. The van der Waals surface area contributed by atoms with Crippen molar-refractivity contribution in [1.29, 1.82) is 0 Å². The van der Waals surface area contributed by atoms with Crippen molar-refractivity contribution in [1.82, 2.24) is 4.98 Å². The molecule has 1 N–H and O–H groups in total. The van der Waals surface area contributed by atoms with Crippen LogP contribution in [0, 0.1) is 5.82 Å². The number of amides is 1. The van der Waals surface area contributed by atoms with Gasteiger partial charge in [0.05, 0.1) is 5.69 Å². The number of hydrogen-bond acceptors (Lipinski definition) is 4. The summed E-state index contributed by atoms with van der Waals surface area (Å²) in [6.45, 7) is 0. The van der Waals surface area contributed by atoms with Crippen LogP contribution in [-0.2, 0) is 4.79 Å². The van der Waals surface area contributed by atoms with Gasteiger partial charge in [0.25, 0.3) is 0 Å². The average Bonchev–Trinajstić information content (AvgIpc) is 3.17. The molecule has 110 valence electrons. The molecule has 6 heteroatoms. The van der Waals surface area contributed by atoms with Gasteiger partial charge in [-0.1, -0.05) is 6.07 Å². The van der Waals surface area contributed by atoms with Crippen LogP contribution >= 0.6 is 22.7 Å². The Hall–Kier alpha value is -2.31. The molecule has 0 spiro atoms. The first kappa shape index (κ1) is 14.6. The Kier molecular flexibility index (Phi) is 4.41. The van der Waals surface area contributed by atoms with Crippen molar-refractivity contribution in [3.8, 4) is 11.3 Å². The van der Waals surface area contributed by atoms with Gasteiger partial charge in [0, 0.05) is 21.9 Å². The third-order valence-electron chi connectivity index (χ3n) is 2.82. The number of carbonyl (C=O) groups is 1. The predicted octanol–water partition coefficient (Wildman–Crippen LogP) is 4.66. The number of nitrogens with one attached hydrogen (secondary N) is 1. The fourth-order valence-electron chi connectivity index (χ4n) is 1.78. The minimum absolute atomic E-state index is 0.228. The van der Waals surface area contributed by atoms with E-state index in [4.69, 9.17) is 0 Å². The average molecular weight is 330 g/mol. The van der Waals surface area contributed by atoms with Crippen molar-refractivity contribution in [2.45, 2.75) is 0 Å². The number of anilines is 1. The minimum Gasteiger partial charge on any atom is -0.298 e. The number of thiophene rings is 1. The van der Waals surface area contributed by atoms with Crippen molar-refractivity contribution in [2.75, 3.05) is 5.32 Å². The van der Waals surface area contributed by atoms with Gasteiger partial charge >= 0.3 is 0 Å². The number of carbonyl (C=O) groups excluding carboxylic acids is 1. The maximum atomic E-state index is 12.9. The Morgan fingerprint density at radius 1 is 1.18 bits per heavy atom. The number of rotatable bonds is 4. The van der Waals surface area contributed by atoms with Crippen molar-refractivity contribution in [2.24, 2.45) is 0 Å². The molecule has 0 unspecified atom stereocenters. The van der Waals surface area contributed by atoms with Crippen LogP contribution in [0.3, 0.4) is 0 Å². The molecule has 0 fully saturated rings. The molecule has 2 heterocycles. The second-order valence-electron chi connectivity index (χ2n) is 4.38. The molecule has 0 saturated heterocycles. The Bertz CT molecular complexity index is 792. The van der Waals surface area contributed by atoms with Crippen LogP contribution in [0.4, 0.5) is 9.52 Å². The highest BCUT2D eigenvalue weighted by Gasteiger charge is 2.06. The highest BCUT2D eigenvalue weighted by atomic mass is 32.1. The van der Waals surface area contributed by atoms with Crippen LogP contribution in [0.15, 0.2) is 53.2 Å². The van der Waals surface area contributed by atoms with Crippen molar-refractivity contribution in [3.63, 3.8) is 0 Å². The van der Waals surface area contributed by atoms with E-state index in [0.717, 1.165) is 10.4 Å². The van der Waals surface area contributed by atoms with Gasteiger partial charge in [-0.25, -0.2) is 9.37 Å². The zero-order chi connectivity index (χ0) is 15.4. The topological polar surface area (TPSA) is 42.0 Å². The Labute approximate surface area is 134 Å². The molecule has 0 radical (unpaired) electrons. The zero-order valence-electron chi connectivity index (χ0n) is 11.3. The molecule has 0 bridgehead atoms. The van der Waals surface area contributed by atoms with Crippen LogP contribution in [0.5, 0.6) is 0 Å². The predicted molar refractivity (Wildman–Crippen MR) is 89.5 cm³/mol. The van der Waals surface area contributed by atoms with Crippen LogP contribution in [0.25, 0.3) is 17.3 Å². The quantitative estimate of drug-likeness (QED) is 0.707. The molecule has 3 rings (SSSR count). The Morgan fingerprint density at radius 2 is 2.00 bits per heavy atom. The SMILES string of the molecule is O=C(/C=C\c1cccs1)Nc1nc(-c2ccc(F)cc2)cs1. The highest BCUT2D eigenvalue weighted by molar-refractivity contribution is 7.14. The van der Waals surface area contributed by atoms with E-state index in [-0.39, 0.29) is 11.7 Å². The van der Waals surface area contributed by atoms with Crippen molar-refractivity contribution < 1.29 is 9.18 Å². The van der Waals surface area contributed by atoms with E-state index in [9.17, 15) is 9.18 Å². The van der Waals surface area contributed by atoms with E-state index in [1.54, 1.807) is 29.5 Å². The summed E-state index contributed by atoms with van der Waals surface area (Å²) in [7, 11) is 0. The van der Waals surface area contributed by atoms with Crippen LogP contribution in [0.1, 0.15) is 4.88 Å². The van der Waals surface area contributed by atoms with E-state index >= 15 is 0 Å². The lowest BCUT2D eigenvalue weighted by atomic mass is 10.2. The standard InChI is InChI=1S/C16H11FN2OS2/c17-12-5-3-11(4-6-12)14-10-22-16(18-14)19-15(20)8-7-13-2-1-9-21-13/h1-10H,(H,18,19,20)/b8-7-. The number of nitrogens with zero attached hydrogens (tertiary/aromatic N) is 1. The third-order valence-corrected chi connectivity index (χ3v) is 4.41. The molecule has 0 atom stereocenters. The summed E-state index contributed by atoms with van der Waals surface area (Å²) in [6.07, 6.45) is 3.24. The molecule has 3 aromatic rings. The van der Waals surface area contributed by atoms with E-state index in [0.29, 0.717) is 10.8 Å². The van der Waals surface area contributed by atoms with Gasteiger partial charge < -0.3 is 0 Å². The molecule has 1 aromatic carbocycles. The first-order chi connectivity index (χ1) is 10.7. The zero-order valence-corrected chi connectivity index (χ0v) is 13.0. The van der Waals surface area contributed by atoms with Gasteiger partial charge in [-0.2, -0.15) is 0 Å². The van der Waals surface area contributed by atoms with Gasteiger partial charge in [0.1, 0.15) is 5.82 Å². The van der Waals surface area contributed by atoms with Crippen molar-refractivity contribution in [3.05, 3.63) is 63.9 Å².